The van der Waals surface area contributed by atoms with E-state index in [1.165, 1.54) is 4.31 Å². The molecule has 2 heterocycles. The van der Waals surface area contributed by atoms with E-state index in [4.69, 9.17) is 0 Å². The fourth-order valence-electron chi connectivity index (χ4n) is 3.72. The summed E-state index contributed by atoms with van der Waals surface area (Å²) >= 11 is 1.07. The fraction of sp³-hybridized carbons (Fsp3) is 0.579. The van der Waals surface area contributed by atoms with Crippen molar-refractivity contribution in [1.82, 2.24) is 14.2 Å². The molecule has 0 radical (unpaired) electrons. The quantitative estimate of drug-likeness (QED) is 0.799. The number of piperidine rings is 1. The molecule has 2 aromatic rings. The van der Waals surface area contributed by atoms with Gasteiger partial charge in [0, 0.05) is 31.1 Å². The number of aromatic nitrogens is 1. The number of benzene rings is 1. The minimum absolute atomic E-state index is 0.0181. The van der Waals surface area contributed by atoms with Crippen LogP contribution in [0.5, 0.6) is 0 Å². The number of hydrogen-bond donors (Lipinski definition) is 1. The zero-order valence-corrected chi connectivity index (χ0v) is 17.7. The van der Waals surface area contributed by atoms with E-state index in [1.807, 2.05) is 13.8 Å². The highest BCUT2D eigenvalue weighted by Crippen LogP contribution is 2.29. The molecule has 1 aliphatic heterocycles. The lowest BCUT2D eigenvalue weighted by atomic mass is 9.97. The molecule has 0 spiro atoms. The molecule has 4 rings (SSSR count). The van der Waals surface area contributed by atoms with Gasteiger partial charge in [-0.05, 0) is 57.7 Å². The van der Waals surface area contributed by atoms with Crippen molar-refractivity contribution >= 4 is 37.5 Å². The molecule has 0 atom stereocenters. The number of carbonyl (C=O) groups is 1. The summed E-state index contributed by atoms with van der Waals surface area (Å²) < 4.78 is 29.9. The first-order valence-electron chi connectivity index (χ1n) is 9.73. The van der Waals surface area contributed by atoms with Gasteiger partial charge in [0.05, 0.1) is 15.1 Å². The summed E-state index contributed by atoms with van der Waals surface area (Å²) in [6, 6.07) is 5.24. The van der Waals surface area contributed by atoms with E-state index in [9.17, 15) is 18.0 Å². The number of rotatable bonds is 5. The monoisotopic (exact) mass is 423 g/mol. The molecule has 7 nitrogen and oxygen atoms in total. The van der Waals surface area contributed by atoms with Gasteiger partial charge in [0.15, 0.2) is 0 Å². The van der Waals surface area contributed by atoms with Crippen molar-refractivity contribution < 1.29 is 13.2 Å². The van der Waals surface area contributed by atoms with Crippen LogP contribution in [0, 0.1) is 5.92 Å². The maximum absolute atomic E-state index is 13.1. The van der Waals surface area contributed by atoms with Crippen molar-refractivity contribution in [3.05, 3.63) is 27.9 Å². The maximum atomic E-state index is 13.1. The summed E-state index contributed by atoms with van der Waals surface area (Å²) in [5.41, 5.74) is 0.763. The van der Waals surface area contributed by atoms with Gasteiger partial charge in [-0.25, -0.2) is 8.42 Å². The third kappa shape index (κ3) is 3.62. The van der Waals surface area contributed by atoms with Gasteiger partial charge in [-0.15, -0.1) is 0 Å². The molecule has 1 N–H and O–H groups in total. The molecule has 0 bridgehead atoms. The number of amides is 1. The third-order valence-corrected chi connectivity index (χ3v) is 8.30. The van der Waals surface area contributed by atoms with Crippen LogP contribution in [0.1, 0.15) is 45.6 Å². The SMILES string of the molecule is CC(C)n1c(=O)sc2cc(S(=O)(=O)N3CCC(C(=O)NC4CC4)CC3)ccc21. The average molecular weight is 424 g/mol. The average Bonchev–Trinajstić information content (AvgIpc) is 3.40. The lowest BCUT2D eigenvalue weighted by Crippen LogP contribution is -2.43. The first kappa shape index (κ1) is 19.6. The van der Waals surface area contributed by atoms with E-state index in [0.717, 1.165) is 29.7 Å². The molecule has 1 aromatic carbocycles. The van der Waals surface area contributed by atoms with Crippen molar-refractivity contribution in [2.75, 3.05) is 13.1 Å². The summed E-state index contributed by atoms with van der Waals surface area (Å²) in [6.45, 7) is 4.54. The summed E-state index contributed by atoms with van der Waals surface area (Å²) in [5, 5.41) is 3.01. The first-order valence-corrected chi connectivity index (χ1v) is 12.0. The minimum atomic E-state index is -3.64. The maximum Gasteiger partial charge on any atom is 0.308 e. The standard InChI is InChI=1S/C19H25N3O4S2/c1-12(2)22-16-6-5-15(11-17(16)27-19(22)24)28(25,26)21-9-7-13(8-10-21)18(23)20-14-3-4-14/h5-6,11-14H,3-4,7-10H2,1-2H3,(H,20,23). The van der Waals surface area contributed by atoms with Crippen LogP contribution in [-0.4, -0.2) is 42.3 Å². The predicted octanol–water partition coefficient (Wildman–Crippen LogP) is 2.32. The number of nitrogens with zero attached hydrogens (tertiary/aromatic N) is 2. The Morgan fingerprint density at radius 2 is 1.86 bits per heavy atom. The van der Waals surface area contributed by atoms with Gasteiger partial charge in [0.1, 0.15) is 0 Å². The molecule has 1 aromatic heterocycles. The molecule has 1 saturated heterocycles. The Bertz CT molecular complexity index is 1060. The minimum Gasteiger partial charge on any atom is -0.353 e. The smallest absolute Gasteiger partial charge is 0.308 e. The largest absolute Gasteiger partial charge is 0.353 e. The van der Waals surface area contributed by atoms with Crippen LogP contribution in [0.4, 0.5) is 0 Å². The third-order valence-electron chi connectivity index (χ3n) is 5.49. The molecule has 0 unspecified atom stereocenters. The van der Waals surface area contributed by atoms with E-state index in [2.05, 4.69) is 5.32 Å². The van der Waals surface area contributed by atoms with Gasteiger partial charge in [-0.1, -0.05) is 11.3 Å². The van der Waals surface area contributed by atoms with Gasteiger partial charge in [0.25, 0.3) is 0 Å². The summed E-state index contributed by atoms with van der Waals surface area (Å²) in [6.07, 6.45) is 3.17. The second-order valence-corrected chi connectivity index (χ2v) is 10.9. The molecule has 2 fully saturated rings. The van der Waals surface area contributed by atoms with Crippen molar-refractivity contribution in [1.29, 1.82) is 0 Å². The highest BCUT2D eigenvalue weighted by atomic mass is 32.2. The Labute approximate surface area is 168 Å². The zero-order chi connectivity index (χ0) is 20.1. The number of nitrogens with one attached hydrogen (secondary N) is 1. The Kier molecular flexibility index (Phi) is 5.09. The first-order chi connectivity index (χ1) is 13.3. The Morgan fingerprint density at radius 1 is 1.18 bits per heavy atom. The summed E-state index contributed by atoms with van der Waals surface area (Å²) in [5.74, 6) is -0.0550. The molecule has 2 aliphatic rings. The van der Waals surface area contributed by atoms with Gasteiger partial charge < -0.3 is 5.32 Å². The van der Waals surface area contributed by atoms with E-state index in [1.54, 1.807) is 22.8 Å². The van der Waals surface area contributed by atoms with Crippen molar-refractivity contribution in [3.63, 3.8) is 0 Å². The van der Waals surface area contributed by atoms with E-state index in [-0.39, 0.29) is 27.6 Å². The number of carbonyl (C=O) groups excluding carboxylic acids is 1. The van der Waals surface area contributed by atoms with Gasteiger partial charge in [-0.2, -0.15) is 4.31 Å². The molecule has 28 heavy (non-hydrogen) atoms. The van der Waals surface area contributed by atoms with Crippen LogP contribution < -0.4 is 10.2 Å². The fourth-order valence-corrected chi connectivity index (χ4v) is 6.34. The van der Waals surface area contributed by atoms with Gasteiger partial charge >= 0.3 is 4.87 Å². The molecule has 9 heteroatoms. The summed E-state index contributed by atoms with van der Waals surface area (Å²) in [7, 11) is -3.64. The van der Waals surface area contributed by atoms with E-state index >= 15 is 0 Å². The Balaban J connectivity index is 1.52. The van der Waals surface area contributed by atoms with Crippen LogP contribution in [-0.2, 0) is 14.8 Å². The molecular formula is C19H25N3O4S2. The lowest BCUT2D eigenvalue weighted by molar-refractivity contribution is -0.126. The topological polar surface area (TPSA) is 88.5 Å². The molecule has 1 aliphatic carbocycles. The van der Waals surface area contributed by atoms with Crippen LogP contribution in [0.15, 0.2) is 27.9 Å². The highest BCUT2D eigenvalue weighted by molar-refractivity contribution is 7.89. The highest BCUT2D eigenvalue weighted by Gasteiger charge is 2.34. The molecule has 1 saturated carbocycles. The van der Waals surface area contributed by atoms with Crippen LogP contribution >= 0.6 is 11.3 Å². The lowest BCUT2D eigenvalue weighted by Gasteiger charge is -2.30. The Hall–Kier alpha value is -1.71. The molecule has 1 amide bonds. The second-order valence-electron chi connectivity index (χ2n) is 7.92. The van der Waals surface area contributed by atoms with Gasteiger partial charge in [-0.3, -0.25) is 14.2 Å². The van der Waals surface area contributed by atoms with Crippen molar-refractivity contribution in [2.45, 2.75) is 56.5 Å². The van der Waals surface area contributed by atoms with Crippen LogP contribution in [0.25, 0.3) is 10.2 Å². The van der Waals surface area contributed by atoms with Gasteiger partial charge in [0.2, 0.25) is 15.9 Å². The normalized spacial score (nSPS) is 19.4. The number of fused-ring (bicyclic) bond motifs is 1. The van der Waals surface area contributed by atoms with E-state index < -0.39 is 10.0 Å². The van der Waals surface area contributed by atoms with E-state index in [0.29, 0.717) is 36.7 Å². The van der Waals surface area contributed by atoms with Crippen LogP contribution in [0.2, 0.25) is 0 Å². The van der Waals surface area contributed by atoms with Crippen molar-refractivity contribution in [3.8, 4) is 0 Å². The molecule has 152 valence electrons. The number of sulfonamides is 1. The zero-order valence-electron chi connectivity index (χ0n) is 16.1. The Morgan fingerprint density at radius 3 is 2.46 bits per heavy atom. The number of thiazole rings is 1. The molecular weight excluding hydrogens is 398 g/mol. The van der Waals surface area contributed by atoms with Crippen molar-refractivity contribution in [2.24, 2.45) is 5.92 Å². The number of hydrogen-bond acceptors (Lipinski definition) is 5. The predicted molar refractivity (Wildman–Crippen MR) is 109 cm³/mol. The second kappa shape index (κ2) is 7.27. The van der Waals surface area contributed by atoms with Crippen LogP contribution in [0.3, 0.4) is 0 Å². The summed E-state index contributed by atoms with van der Waals surface area (Å²) in [4.78, 5) is 24.5.